The number of nitrogens with one attached hydrogen (secondary N) is 2. The lowest BCUT2D eigenvalue weighted by Crippen LogP contribution is -2.33. The van der Waals surface area contributed by atoms with Crippen LogP contribution in [0.15, 0.2) is 52.0 Å². The molecule has 0 radical (unpaired) electrons. The van der Waals surface area contributed by atoms with Crippen molar-refractivity contribution in [1.82, 2.24) is 9.62 Å². The molecule has 2 rings (SSSR count). The van der Waals surface area contributed by atoms with E-state index in [2.05, 4.69) is 10.0 Å². The molecule has 1 heterocycles. The number of amides is 2. The number of hydrogen-bond donors (Lipinski definition) is 3. The Kier molecular flexibility index (Phi) is 6.36. The molecule has 0 saturated carbocycles. The van der Waals surface area contributed by atoms with Crippen LogP contribution in [0.4, 0.5) is 10.5 Å². The van der Waals surface area contributed by atoms with Crippen LogP contribution >= 0.6 is 0 Å². The number of furan rings is 1. The second kappa shape index (κ2) is 8.50. The highest BCUT2D eigenvalue weighted by molar-refractivity contribution is 7.89. The van der Waals surface area contributed by atoms with Crippen LogP contribution in [0.5, 0.6) is 0 Å². The van der Waals surface area contributed by atoms with E-state index in [0.717, 1.165) is 0 Å². The standard InChI is InChI=1S/C16H19N3O6S/c1-19(8-7-15(20)21)16(22)18-12-4-2-6-14(10-12)26(23,24)17-11-13-5-3-9-25-13/h2-6,9-10,17H,7-8,11H2,1H3,(H,18,22)(H,20,21). The van der Waals surface area contributed by atoms with Gasteiger partial charge in [-0.15, -0.1) is 0 Å². The van der Waals surface area contributed by atoms with Crippen molar-refractivity contribution in [3.63, 3.8) is 0 Å². The summed E-state index contributed by atoms with van der Waals surface area (Å²) in [5.41, 5.74) is 0.276. The topological polar surface area (TPSA) is 129 Å². The van der Waals surface area contributed by atoms with Crippen molar-refractivity contribution in [3.8, 4) is 0 Å². The molecular formula is C16H19N3O6S. The van der Waals surface area contributed by atoms with E-state index in [0.29, 0.717) is 5.76 Å². The molecule has 0 aliphatic heterocycles. The average molecular weight is 381 g/mol. The van der Waals surface area contributed by atoms with Crippen molar-refractivity contribution in [3.05, 3.63) is 48.4 Å². The maximum atomic E-state index is 12.3. The monoisotopic (exact) mass is 381 g/mol. The number of carbonyl (C=O) groups is 2. The second-order valence-corrected chi connectivity index (χ2v) is 7.19. The van der Waals surface area contributed by atoms with Gasteiger partial charge >= 0.3 is 12.0 Å². The number of benzene rings is 1. The van der Waals surface area contributed by atoms with E-state index in [9.17, 15) is 18.0 Å². The zero-order valence-electron chi connectivity index (χ0n) is 14.0. The molecule has 3 N–H and O–H groups in total. The molecule has 0 atom stereocenters. The molecule has 9 nitrogen and oxygen atoms in total. The van der Waals surface area contributed by atoms with E-state index in [1.165, 1.54) is 42.5 Å². The van der Waals surface area contributed by atoms with Gasteiger partial charge in [0.2, 0.25) is 10.0 Å². The average Bonchev–Trinajstić information content (AvgIpc) is 3.11. The molecule has 2 amide bonds. The summed E-state index contributed by atoms with van der Waals surface area (Å²) < 4.78 is 32.2. The summed E-state index contributed by atoms with van der Waals surface area (Å²) in [6.07, 6.45) is 1.26. The first-order valence-electron chi connectivity index (χ1n) is 7.64. The molecule has 0 spiro atoms. The van der Waals surface area contributed by atoms with Crippen LogP contribution < -0.4 is 10.0 Å². The first-order chi connectivity index (χ1) is 12.3. The molecule has 140 valence electrons. The van der Waals surface area contributed by atoms with Gasteiger partial charge in [-0.3, -0.25) is 4.79 Å². The third kappa shape index (κ3) is 5.60. The number of rotatable bonds is 8. The Morgan fingerprint density at radius 2 is 2.00 bits per heavy atom. The Morgan fingerprint density at radius 3 is 2.65 bits per heavy atom. The smallest absolute Gasteiger partial charge is 0.321 e. The Morgan fingerprint density at radius 1 is 1.23 bits per heavy atom. The van der Waals surface area contributed by atoms with Gasteiger partial charge in [-0.05, 0) is 30.3 Å². The number of sulfonamides is 1. The van der Waals surface area contributed by atoms with Gasteiger partial charge in [-0.25, -0.2) is 17.9 Å². The molecule has 1 aromatic carbocycles. The van der Waals surface area contributed by atoms with Crippen LogP contribution in [0.1, 0.15) is 12.2 Å². The zero-order valence-corrected chi connectivity index (χ0v) is 14.8. The molecule has 1 aromatic heterocycles. The summed E-state index contributed by atoms with van der Waals surface area (Å²) in [5.74, 6) is -0.543. The van der Waals surface area contributed by atoms with E-state index in [4.69, 9.17) is 9.52 Å². The summed E-state index contributed by atoms with van der Waals surface area (Å²) in [5, 5.41) is 11.2. The van der Waals surface area contributed by atoms with E-state index < -0.39 is 22.0 Å². The quantitative estimate of drug-likeness (QED) is 0.638. The predicted molar refractivity (Wildman–Crippen MR) is 93.1 cm³/mol. The summed E-state index contributed by atoms with van der Waals surface area (Å²) in [7, 11) is -2.34. The van der Waals surface area contributed by atoms with E-state index in [1.807, 2.05) is 0 Å². The van der Waals surface area contributed by atoms with Gasteiger partial charge in [0.25, 0.3) is 0 Å². The van der Waals surface area contributed by atoms with Crippen LogP contribution in [-0.2, 0) is 21.4 Å². The molecule has 0 fully saturated rings. The van der Waals surface area contributed by atoms with Gasteiger partial charge in [0.1, 0.15) is 5.76 Å². The number of nitrogens with zero attached hydrogens (tertiary/aromatic N) is 1. The maximum absolute atomic E-state index is 12.3. The second-order valence-electron chi connectivity index (χ2n) is 5.43. The number of carboxylic acids is 1. The lowest BCUT2D eigenvalue weighted by Gasteiger charge is -2.17. The fraction of sp³-hybridized carbons (Fsp3) is 0.250. The summed E-state index contributed by atoms with van der Waals surface area (Å²) in [4.78, 5) is 23.7. The molecule has 0 bridgehead atoms. The van der Waals surface area contributed by atoms with Gasteiger partial charge in [-0.2, -0.15) is 0 Å². The van der Waals surface area contributed by atoms with Crippen LogP contribution in [0.2, 0.25) is 0 Å². The molecule has 0 unspecified atom stereocenters. The van der Waals surface area contributed by atoms with E-state index in [-0.39, 0.29) is 30.1 Å². The Labute approximate surface area is 150 Å². The first-order valence-corrected chi connectivity index (χ1v) is 9.12. The highest BCUT2D eigenvalue weighted by atomic mass is 32.2. The predicted octanol–water partition coefficient (Wildman–Crippen LogP) is 1.70. The lowest BCUT2D eigenvalue weighted by molar-refractivity contribution is -0.137. The fourth-order valence-electron chi connectivity index (χ4n) is 1.99. The van der Waals surface area contributed by atoms with Crippen molar-refractivity contribution in [1.29, 1.82) is 0 Å². The molecule has 0 saturated heterocycles. The number of hydrogen-bond acceptors (Lipinski definition) is 5. The van der Waals surface area contributed by atoms with Gasteiger partial charge in [-0.1, -0.05) is 6.07 Å². The molecule has 0 aliphatic rings. The van der Waals surface area contributed by atoms with Crippen molar-refractivity contribution in [2.24, 2.45) is 0 Å². The van der Waals surface area contributed by atoms with E-state index >= 15 is 0 Å². The van der Waals surface area contributed by atoms with Gasteiger partial charge in [0.15, 0.2) is 0 Å². The summed E-state index contributed by atoms with van der Waals surface area (Å²) >= 11 is 0. The zero-order chi connectivity index (χ0) is 19.2. The highest BCUT2D eigenvalue weighted by Gasteiger charge is 2.16. The number of aliphatic carboxylic acids is 1. The van der Waals surface area contributed by atoms with Gasteiger partial charge in [0.05, 0.1) is 24.1 Å². The fourth-order valence-corrected chi connectivity index (χ4v) is 3.03. The minimum absolute atomic E-state index is 0.00382. The Hall–Kier alpha value is -2.85. The van der Waals surface area contributed by atoms with Crippen molar-refractivity contribution < 1.29 is 27.5 Å². The number of anilines is 1. The minimum Gasteiger partial charge on any atom is -0.481 e. The SMILES string of the molecule is CN(CCC(=O)O)C(=O)Nc1cccc(S(=O)(=O)NCc2ccco2)c1. The third-order valence-electron chi connectivity index (χ3n) is 3.42. The van der Waals surface area contributed by atoms with Crippen molar-refractivity contribution >= 4 is 27.7 Å². The minimum atomic E-state index is -3.79. The Balaban J connectivity index is 2.02. The normalized spacial score (nSPS) is 11.1. The van der Waals surface area contributed by atoms with Crippen LogP contribution in [0.25, 0.3) is 0 Å². The molecule has 0 aliphatic carbocycles. The molecule has 26 heavy (non-hydrogen) atoms. The molecule has 2 aromatic rings. The van der Waals surface area contributed by atoms with Crippen molar-refractivity contribution in [2.75, 3.05) is 18.9 Å². The van der Waals surface area contributed by atoms with E-state index in [1.54, 1.807) is 12.1 Å². The Bertz CT molecular complexity index is 864. The lowest BCUT2D eigenvalue weighted by atomic mass is 10.3. The third-order valence-corrected chi connectivity index (χ3v) is 4.82. The number of urea groups is 1. The van der Waals surface area contributed by atoms with Crippen LogP contribution in [0, 0.1) is 0 Å². The largest absolute Gasteiger partial charge is 0.481 e. The number of carboxylic acid groups (broad SMARTS) is 1. The number of carbonyl (C=O) groups excluding carboxylic acids is 1. The van der Waals surface area contributed by atoms with Crippen LogP contribution in [-0.4, -0.2) is 44.0 Å². The van der Waals surface area contributed by atoms with Crippen molar-refractivity contribution in [2.45, 2.75) is 17.9 Å². The highest BCUT2D eigenvalue weighted by Crippen LogP contribution is 2.16. The first kappa shape index (κ1) is 19.5. The maximum Gasteiger partial charge on any atom is 0.321 e. The van der Waals surface area contributed by atoms with Crippen LogP contribution in [0.3, 0.4) is 0 Å². The van der Waals surface area contributed by atoms with Gasteiger partial charge in [0, 0.05) is 19.3 Å². The van der Waals surface area contributed by atoms with Gasteiger partial charge < -0.3 is 19.7 Å². The summed E-state index contributed by atoms with van der Waals surface area (Å²) in [6.45, 7) is 0.0354. The molecular weight excluding hydrogens is 362 g/mol. The molecule has 10 heteroatoms. The summed E-state index contributed by atoms with van der Waals surface area (Å²) in [6, 6.07) is 8.50.